The zero-order valence-electron chi connectivity index (χ0n) is 6.34. The van der Waals surface area contributed by atoms with E-state index in [0.717, 1.165) is 5.56 Å². The molecule has 0 heterocycles. The maximum atomic E-state index is 5.78. The lowest BCUT2D eigenvalue weighted by Gasteiger charge is -2.09. The summed E-state index contributed by atoms with van der Waals surface area (Å²) in [5, 5.41) is 0.569. The quantitative estimate of drug-likeness (QED) is 0.633. The van der Waals surface area contributed by atoms with E-state index in [4.69, 9.17) is 23.1 Å². The zero-order valence-corrected chi connectivity index (χ0v) is 7.10. The first kappa shape index (κ1) is 8.37. The number of hydrogen-bond donors (Lipinski definition) is 2. The van der Waals surface area contributed by atoms with Crippen LogP contribution in [-0.2, 0) is 0 Å². The first-order valence-corrected chi connectivity index (χ1v) is 3.80. The third-order valence-corrected chi connectivity index (χ3v) is 1.91. The molecule has 0 aliphatic carbocycles. The molecule has 0 saturated carbocycles. The topological polar surface area (TPSA) is 52.0 Å². The van der Waals surface area contributed by atoms with Crippen molar-refractivity contribution in [3.05, 3.63) is 28.8 Å². The summed E-state index contributed by atoms with van der Waals surface area (Å²) >= 11 is 5.78. The first-order valence-electron chi connectivity index (χ1n) is 3.42. The summed E-state index contributed by atoms with van der Waals surface area (Å²) in [5.74, 6) is 0. The van der Waals surface area contributed by atoms with Crippen LogP contribution in [0.5, 0.6) is 0 Å². The van der Waals surface area contributed by atoms with Gasteiger partial charge < -0.3 is 11.5 Å². The van der Waals surface area contributed by atoms with Gasteiger partial charge in [0.05, 0.1) is 10.7 Å². The van der Waals surface area contributed by atoms with Crippen molar-refractivity contribution in [1.82, 2.24) is 0 Å². The Balaban J connectivity index is 3.17. The molecule has 0 fully saturated rings. The Morgan fingerprint density at radius 3 is 2.55 bits per heavy atom. The minimum atomic E-state index is -0.0614. The number of rotatable bonds is 1. The Bertz CT molecular complexity index is 258. The van der Waals surface area contributed by atoms with Crippen molar-refractivity contribution in [2.75, 3.05) is 5.73 Å². The highest BCUT2D eigenvalue weighted by Gasteiger charge is 2.05. The Kier molecular flexibility index (Phi) is 2.37. The molecule has 0 amide bonds. The van der Waals surface area contributed by atoms with Crippen LogP contribution in [0.3, 0.4) is 0 Å². The predicted molar refractivity (Wildman–Crippen MR) is 48.5 cm³/mol. The summed E-state index contributed by atoms with van der Waals surface area (Å²) < 4.78 is 0. The van der Waals surface area contributed by atoms with Crippen LogP contribution in [0.4, 0.5) is 5.69 Å². The Hall–Kier alpha value is -0.730. The fraction of sp³-hybridized carbons (Fsp3) is 0.250. The second-order valence-corrected chi connectivity index (χ2v) is 2.94. The van der Waals surface area contributed by atoms with Gasteiger partial charge in [0.2, 0.25) is 0 Å². The van der Waals surface area contributed by atoms with Gasteiger partial charge in [-0.25, -0.2) is 0 Å². The van der Waals surface area contributed by atoms with Crippen molar-refractivity contribution in [2.24, 2.45) is 5.73 Å². The van der Waals surface area contributed by atoms with Crippen molar-refractivity contribution in [3.8, 4) is 0 Å². The summed E-state index contributed by atoms with van der Waals surface area (Å²) in [4.78, 5) is 0. The van der Waals surface area contributed by atoms with Gasteiger partial charge in [-0.15, -0.1) is 0 Å². The molecule has 1 rings (SSSR count). The molecule has 0 aliphatic heterocycles. The van der Waals surface area contributed by atoms with Gasteiger partial charge in [0, 0.05) is 6.04 Å². The number of halogens is 1. The molecule has 2 nitrogen and oxygen atoms in total. The third-order valence-electron chi connectivity index (χ3n) is 1.58. The average Bonchev–Trinajstić information content (AvgIpc) is 1.94. The van der Waals surface area contributed by atoms with Crippen LogP contribution in [0.2, 0.25) is 5.02 Å². The van der Waals surface area contributed by atoms with Crippen molar-refractivity contribution >= 4 is 17.3 Å². The predicted octanol–water partition coefficient (Wildman–Crippen LogP) is 1.94. The molecule has 0 bridgehead atoms. The molecule has 60 valence electrons. The van der Waals surface area contributed by atoms with Crippen LogP contribution >= 0.6 is 11.6 Å². The maximum absolute atomic E-state index is 5.78. The van der Waals surface area contributed by atoms with Gasteiger partial charge in [-0.2, -0.15) is 0 Å². The normalized spacial score (nSPS) is 13.0. The molecule has 11 heavy (non-hydrogen) atoms. The van der Waals surface area contributed by atoms with E-state index in [2.05, 4.69) is 0 Å². The van der Waals surface area contributed by atoms with Gasteiger partial charge in [0.1, 0.15) is 0 Å². The lowest BCUT2D eigenvalue weighted by molar-refractivity contribution is 0.821. The maximum Gasteiger partial charge on any atom is 0.0638 e. The minimum absolute atomic E-state index is 0.0614. The summed E-state index contributed by atoms with van der Waals surface area (Å²) in [5.41, 5.74) is 12.8. The zero-order chi connectivity index (χ0) is 8.43. The molecule has 1 aromatic carbocycles. The van der Waals surface area contributed by atoms with Gasteiger partial charge in [0.15, 0.2) is 0 Å². The second kappa shape index (κ2) is 3.11. The smallest absolute Gasteiger partial charge is 0.0638 e. The summed E-state index contributed by atoms with van der Waals surface area (Å²) in [7, 11) is 0. The molecule has 0 aromatic heterocycles. The number of nitrogen functional groups attached to an aromatic ring is 1. The molecular weight excluding hydrogens is 160 g/mol. The monoisotopic (exact) mass is 170 g/mol. The lowest BCUT2D eigenvalue weighted by atomic mass is 10.1. The third kappa shape index (κ3) is 1.64. The molecule has 4 N–H and O–H groups in total. The highest BCUT2D eigenvalue weighted by molar-refractivity contribution is 6.33. The summed E-state index contributed by atoms with van der Waals surface area (Å²) in [6.45, 7) is 1.88. The molecule has 0 spiro atoms. The molecule has 1 atom stereocenters. The van der Waals surface area contributed by atoms with E-state index in [9.17, 15) is 0 Å². The van der Waals surface area contributed by atoms with E-state index in [1.54, 1.807) is 6.07 Å². The van der Waals surface area contributed by atoms with Gasteiger partial charge in [0.25, 0.3) is 0 Å². The van der Waals surface area contributed by atoms with Gasteiger partial charge >= 0.3 is 0 Å². The number of nitrogens with two attached hydrogens (primary N) is 2. The van der Waals surface area contributed by atoms with Crippen LogP contribution in [0, 0.1) is 0 Å². The molecule has 0 unspecified atom stereocenters. The molecular formula is C8H11ClN2. The lowest BCUT2D eigenvalue weighted by Crippen LogP contribution is -2.08. The van der Waals surface area contributed by atoms with Gasteiger partial charge in [-0.3, -0.25) is 0 Å². The van der Waals surface area contributed by atoms with E-state index in [0.29, 0.717) is 10.7 Å². The van der Waals surface area contributed by atoms with Crippen LogP contribution in [0.25, 0.3) is 0 Å². The Morgan fingerprint density at radius 1 is 1.45 bits per heavy atom. The molecule has 0 radical (unpaired) electrons. The minimum Gasteiger partial charge on any atom is -0.397 e. The molecule has 1 aromatic rings. The van der Waals surface area contributed by atoms with E-state index in [1.165, 1.54) is 0 Å². The Morgan fingerprint density at radius 2 is 2.09 bits per heavy atom. The Labute approximate surface area is 71.1 Å². The fourth-order valence-corrected chi connectivity index (χ4v) is 1.13. The molecule has 0 saturated heterocycles. The fourth-order valence-electron chi connectivity index (χ4n) is 0.951. The van der Waals surface area contributed by atoms with Crippen molar-refractivity contribution < 1.29 is 0 Å². The molecule has 0 aliphatic rings. The van der Waals surface area contributed by atoms with Crippen LogP contribution < -0.4 is 11.5 Å². The largest absolute Gasteiger partial charge is 0.397 e. The number of hydrogen-bond acceptors (Lipinski definition) is 2. The van der Waals surface area contributed by atoms with E-state index < -0.39 is 0 Å². The van der Waals surface area contributed by atoms with Crippen molar-refractivity contribution in [1.29, 1.82) is 0 Å². The second-order valence-electron chi connectivity index (χ2n) is 2.53. The van der Waals surface area contributed by atoms with Crippen molar-refractivity contribution in [2.45, 2.75) is 13.0 Å². The number of anilines is 1. The van der Waals surface area contributed by atoms with Crippen LogP contribution in [0.15, 0.2) is 18.2 Å². The standard InChI is InChI=1S/C8H11ClN2/c1-5(10)6-3-2-4-7(9)8(6)11/h2-5H,10-11H2,1H3/t5-/m1/s1. The highest BCUT2D eigenvalue weighted by Crippen LogP contribution is 2.25. The van der Waals surface area contributed by atoms with E-state index in [-0.39, 0.29) is 6.04 Å². The summed E-state index contributed by atoms with van der Waals surface area (Å²) in [6, 6.07) is 5.42. The van der Waals surface area contributed by atoms with Gasteiger partial charge in [-0.05, 0) is 18.6 Å². The van der Waals surface area contributed by atoms with Crippen molar-refractivity contribution in [3.63, 3.8) is 0 Å². The summed E-state index contributed by atoms with van der Waals surface area (Å²) in [6.07, 6.45) is 0. The first-order chi connectivity index (χ1) is 5.13. The highest BCUT2D eigenvalue weighted by atomic mass is 35.5. The molecule has 3 heteroatoms. The SMILES string of the molecule is C[C@@H](N)c1cccc(Cl)c1N. The van der Waals surface area contributed by atoms with E-state index >= 15 is 0 Å². The van der Waals surface area contributed by atoms with Gasteiger partial charge in [-0.1, -0.05) is 23.7 Å². The van der Waals surface area contributed by atoms with E-state index in [1.807, 2.05) is 19.1 Å². The number of benzene rings is 1. The average molecular weight is 171 g/mol. The van der Waals surface area contributed by atoms with Crippen LogP contribution in [0.1, 0.15) is 18.5 Å². The number of para-hydroxylation sites is 1. The van der Waals surface area contributed by atoms with Crippen LogP contribution in [-0.4, -0.2) is 0 Å².